The molecule has 0 bridgehead atoms. The van der Waals surface area contributed by atoms with E-state index in [1.807, 2.05) is 72.8 Å². The molecule has 0 radical (unpaired) electrons. The van der Waals surface area contributed by atoms with Gasteiger partial charge in [0.05, 0.1) is 11.1 Å². The van der Waals surface area contributed by atoms with Gasteiger partial charge in [-0.05, 0) is 70.8 Å². The monoisotopic (exact) mass is 718 g/mol. The lowest BCUT2D eigenvalue weighted by Crippen LogP contribution is -2.10. The molecule has 2 aromatic heterocycles. The molecular weight excluding hydrogens is 685 g/mol. The average Bonchev–Trinajstić information content (AvgIpc) is 3.67. The van der Waals surface area contributed by atoms with Crippen LogP contribution in [0.4, 0.5) is 17.1 Å². The number of benzene rings is 8. The molecule has 0 atom stereocenters. The van der Waals surface area contributed by atoms with E-state index in [0.717, 1.165) is 77.9 Å². The van der Waals surface area contributed by atoms with Gasteiger partial charge in [-0.15, -0.1) is 0 Å². The van der Waals surface area contributed by atoms with Crippen LogP contribution in [0.3, 0.4) is 0 Å². The van der Waals surface area contributed by atoms with Gasteiger partial charge in [-0.1, -0.05) is 158 Å². The Kier molecular flexibility index (Phi) is 8.43. The first-order chi connectivity index (χ1) is 27.7. The maximum Gasteiger partial charge on any atom is 0.164 e. The molecule has 264 valence electrons. The van der Waals surface area contributed by atoms with Gasteiger partial charge in [0.2, 0.25) is 0 Å². The second-order valence-corrected chi connectivity index (χ2v) is 13.7. The van der Waals surface area contributed by atoms with Crippen molar-refractivity contribution in [3.63, 3.8) is 0 Å². The molecule has 5 heteroatoms. The van der Waals surface area contributed by atoms with Gasteiger partial charge in [0, 0.05) is 33.5 Å². The van der Waals surface area contributed by atoms with Gasteiger partial charge in [-0.2, -0.15) is 0 Å². The highest BCUT2D eigenvalue weighted by Crippen LogP contribution is 2.45. The lowest BCUT2D eigenvalue weighted by Gasteiger charge is -2.27. The van der Waals surface area contributed by atoms with E-state index < -0.39 is 0 Å². The Morgan fingerprint density at radius 2 is 0.768 bits per heavy atom. The smallest absolute Gasteiger partial charge is 0.164 e. The fourth-order valence-corrected chi connectivity index (χ4v) is 7.41. The summed E-state index contributed by atoms with van der Waals surface area (Å²) in [4.78, 5) is 17.2. The molecule has 0 aliphatic carbocycles. The fraction of sp³-hybridized carbons (Fsp3) is 0. The van der Waals surface area contributed by atoms with E-state index in [1.54, 1.807) is 0 Å². The Labute approximate surface area is 324 Å². The number of anilines is 3. The van der Waals surface area contributed by atoms with Crippen LogP contribution in [0.5, 0.6) is 0 Å². The number of rotatable bonds is 8. The van der Waals surface area contributed by atoms with E-state index in [4.69, 9.17) is 19.4 Å². The van der Waals surface area contributed by atoms with Gasteiger partial charge in [0.25, 0.3) is 0 Å². The number of hydrogen-bond acceptors (Lipinski definition) is 5. The first-order valence-electron chi connectivity index (χ1n) is 18.7. The summed E-state index contributed by atoms with van der Waals surface area (Å²) in [6, 6.07) is 71.1. The molecule has 2 heterocycles. The molecule has 0 N–H and O–H groups in total. The van der Waals surface area contributed by atoms with Crippen LogP contribution >= 0.6 is 0 Å². The Morgan fingerprint density at radius 3 is 1.29 bits per heavy atom. The minimum atomic E-state index is 0.581. The highest BCUT2D eigenvalue weighted by atomic mass is 16.3. The van der Waals surface area contributed by atoms with Crippen molar-refractivity contribution in [1.82, 2.24) is 15.0 Å². The lowest BCUT2D eigenvalue weighted by molar-refractivity contribution is 0.669. The predicted molar refractivity (Wildman–Crippen MR) is 229 cm³/mol. The summed E-state index contributed by atoms with van der Waals surface area (Å²) in [6.45, 7) is 0. The summed E-state index contributed by atoms with van der Waals surface area (Å²) in [5.74, 6) is 1.82. The largest absolute Gasteiger partial charge is 0.456 e. The molecule has 0 saturated heterocycles. The van der Waals surface area contributed by atoms with Gasteiger partial charge in [-0.25, -0.2) is 15.0 Å². The quantitative estimate of drug-likeness (QED) is 0.157. The maximum atomic E-state index is 6.70. The Balaban J connectivity index is 1.14. The Hall–Kier alpha value is -7.63. The third-order valence-electron chi connectivity index (χ3n) is 10.1. The van der Waals surface area contributed by atoms with Crippen LogP contribution in [0.25, 0.3) is 78.4 Å². The summed E-state index contributed by atoms with van der Waals surface area (Å²) < 4.78 is 6.70. The summed E-state index contributed by atoms with van der Waals surface area (Å²) in [5.41, 5.74) is 12.0. The van der Waals surface area contributed by atoms with Crippen molar-refractivity contribution in [1.29, 1.82) is 0 Å². The standard InChI is InChI=1S/C51H34N4O/c1-5-16-35(17-6-1)39-24-13-26-42(32-39)55(43-27-14-25-40(33-43)36-18-7-2-8-19-36)45-28-15-29-46-48(45)44-31-30-41(34-47(44)56-46)51-53-49(37-20-9-3-10-21-37)52-50(54-51)38-22-11-4-12-23-38/h1-34H. The summed E-state index contributed by atoms with van der Waals surface area (Å²) in [5, 5.41) is 2.03. The number of nitrogens with zero attached hydrogens (tertiary/aromatic N) is 4. The Bertz CT molecular complexity index is 2820. The molecule has 0 aliphatic rings. The zero-order valence-corrected chi connectivity index (χ0v) is 30.3. The van der Waals surface area contributed by atoms with Gasteiger partial charge < -0.3 is 9.32 Å². The van der Waals surface area contributed by atoms with Crippen molar-refractivity contribution >= 4 is 39.0 Å². The van der Waals surface area contributed by atoms with E-state index in [1.165, 1.54) is 0 Å². The minimum Gasteiger partial charge on any atom is -0.456 e. The number of aromatic nitrogens is 3. The number of hydrogen-bond donors (Lipinski definition) is 0. The summed E-state index contributed by atoms with van der Waals surface area (Å²) in [7, 11) is 0. The normalized spacial score (nSPS) is 11.2. The van der Waals surface area contributed by atoms with E-state index in [-0.39, 0.29) is 0 Å². The first-order valence-corrected chi connectivity index (χ1v) is 18.7. The maximum absolute atomic E-state index is 6.70. The van der Waals surface area contributed by atoms with Crippen LogP contribution < -0.4 is 4.90 Å². The van der Waals surface area contributed by atoms with Crippen molar-refractivity contribution in [2.75, 3.05) is 4.90 Å². The van der Waals surface area contributed by atoms with Crippen LogP contribution in [-0.2, 0) is 0 Å². The molecule has 0 unspecified atom stereocenters. The fourth-order valence-electron chi connectivity index (χ4n) is 7.41. The zero-order chi connectivity index (χ0) is 37.3. The third kappa shape index (κ3) is 6.27. The van der Waals surface area contributed by atoms with Gasteiger partial charge in [-0.3, -0.25) is 0 Å². The van der Waals surface area contributed by atoms with Gasteiger partial charge in [0.1, 0.15) is 11.2 Å². The van der Waals surface area contributed by atoms with E-state index >= 15 is 0 Å². The molecule has 0 aliphatic heterocycles. The van der Waals surface area contributed by atoms with Crippen LogP contribution in [-0.4, -0.2) is 15.0 Å². The van der Waals surface area contributed by atoms with Crippen molar-refractivity contribution in [3.05, 3.63) is 206 Å². The predicted octanol–water partition coefficient (Wildman–Crippen LogP) is 13.6. The molecule has 10 aromatic rings. The molecule has 0 amide bonds. The van der Waals surface area contributed by atoms with Crippen molar-refractivity contribution < 1.29 is 4.42 Å². The summed E-state index contributed by atoms with van der Waals surface area (Å²) >= 11 is 0. The molecule has 56 heavy (non-hydrogen) atoms. The lowest BCUT2D eigenvalue weighted by atomic mass is 10.0. The van der Waals surface area contributed by atoms with Crippen LogP contribution in [0, 0.1) is 0 Å². The topological polar surface area (TPSA) is 55.1 Å². The average molecular weight is 719 g/mol. The Morgan fingerprint density at radius 1 is 0.321 bits per heavy atom. The first kappa shape index (κ1) is 33.0. The van der Waals surface area contributed by atoms with Crippen molar-refractivity contribution in [2.45, 2.75) is 0 Å². The zero-order valence-electron chi connectivity index (χ0n) is 30.3. The molecule has 0 spiro atoms. The number of fused-ring (bicyclic) bond motifs is 3. The molecule has 0 fully saturated rings. The molecule has 0 saturated carbocycles. The SMILES string of the molecule is c1ccc(-c2cccc(N(c3cccc(-c4ccccc4)c3)c3cccc4oc5cc(-c6nc(-c7ccccc7)nc(-c7ccccc7)n6)ccc5c34)c2)cc1. The van der Waals surface area contributed by atoms with Crippen LogP contribution in [0.15, 0.2) is 211 Å². The van der Waals surface area contributed by atoms with Gasteiger partial charge >= 0.3 is 0 Å². The second kappa shape index (κ2) is 14.3. The van der Waals surface area contributed by atoms with Crippen molar-refractivity contribution in [3.8, 4) is 56.4 Å². The highest BCUT2D eigenvalue weighted by molar-refractivity contribution is 6.14. The molecule has 5 nitrogen and oxygen atoms in total. The van der Waals surface area contributed by atoms with Crippen molar-refractivity contribution in [2.24, 2.45) is 0 Å². The molecule has 8 aromatic carbocycles. The van der Waals surface area contributed by atoms with Crippen LogP contribution in [0.2, 0.25) is 0 Å². The minimum absolute atomic E-state index is 0.581. The third-order valence-corrected chi connectivity index (χ3v) is 10.1. The highest BCUT2D eigenvalue weighted by Gasteiger charge is 2.21. The molecular formula is C51H34N4O. The van der Waals surface area contributed by atoms with Gasteiger partial charge in [0.15, 0.2) is 17.5 Å². The van der Waals surface area contributed by atoms with E-state index in [0.29, 0.717) is 17.5 Å². The molecule has 10 rings (SSSR count). The summed E-state index contributed by atoms with van der Waals surface area (Å²) in [6.07, 6.45) is 0. The van der Waals surface area contributed by atoms with Crippen LogP contribution in [0.1, 0.15) is 0 Å². The van der Waals surface area contributed by atoms with E-state index in [2.05, 4.69) is 138 Å². The second-order valence-electron chi connectivity index (χ2n) is 13.7. The van der Waals surface area contributed by atoms with E-state index in [9.17, 15) is 0 Å². The number of furan rings is 1.